The summed E-state index contributed by atoms with van der Waals surface area (Å²) in [5.41, 5.74) is 1.89. The fourth-order valence-corrected chi connectivity index (χ4v) is 2.12. The maximum atomic E-state index is 12.5. The van der Waals surface area contributed by atoms with Crippen molar-refractivity contribution in [3.8, 4) is 5.75 Å². The molecule has 0 aliphatic heterocycles. The number of nitrogens with zero attached hydrogens (tertiary/aromatic N) is 2. The highest BCUT2D eigenvalue weighted by Crippen LogP contribution is 2.20. The van der Waals surface area contributed by atoms with Crippen molar-refractivity contribution < 1.29 is 9.53 Å². The summed E-state index contributed by atoms with van der Waals surface area (Å²) in [5.74, 6) is 0.498. The Morgan fingerprint density at radius 2 is 2.10 bits per heavy atom. The summed E-state index contributed by atoms with van der Waals surface area (Å²) in [6, 6.07) is 11.0. The Morgan fingerprint density at radius 1 is 1.30 bits per heavy atom. The SMILES string of the molecule is CN(Cc1cccnc1)C(=O)c1ccccc1OCBr. The topological polar surface area (TPSA) is 42.4 Å². The second-order valence-corrected chi connectivity index (χ2v) is 4.73. The van der Waals surface area contributed by atoms with Crippen molar-refractivity contribution in [2.75, 3.05) is 12.6 Å². The van der Waals surface area contributed by atoms with Gasteiger partial charge in [0.05, 0.1) is 5.56 Å². The zero-order chi connectivity index (χ0) is 14.4. The number of amides is 1. The molecule has 0 saturated carbocycles. The van der Waals surface area contributed by atoms with Gasteiger partial charge in [0.15, 0.2) is 0 Å². The van der Waals surface area contributed by atoms with Crippen LogP contribution in [0.5, 0.6) is 5.75 Å². The number of aromatic nitrogens is 1. The monoisotopic (exact) mass is 334 g/mol. The van der Waals surface area contributed by atoms with E-state index in [4.69, 9.17) is 4.74 Å². The van der Waals surface area contributed by atoms with Gasteiger partial charge >= 0.3 is 0 Å². The van der Waals surface area contributed by atoms with Crippen molar-refractivity contribution in [2.45, 2.75) is 6.54 Å². The first kappa shape index (κ1) is 14.5. The Hall–Kier alpha value is -1.88. The summed E-state index contributed by atoms with van der Waals surface area (Å²) in [4.78, 5) is 18.1. The molecule has 104 valence electrons. The van der Waals surface area contributed by atoms with Crippen molar-refractivity contribution in [3.63, 3.8) is 0 Å². The minimum absolute atomic E-state index is 0.0783. The van der Waals surface area contributed by atoms with E-state index in [9.17, 15) is 4.79 Å². The van der Waals surface area contributed by atoms with Gasteiger partial charge in [-0.15, -0.1) is 0 Å². The molecule has 0 bridgehead atoms. The van der Waals surface area contributed by atoms with E-state index in [1.54, 1.807) is 36.5 Å². The molecular weight excluding hydrogens is 320 g/mol. The van der Waals surface area contributed by atoms with Gasteiger partial charge in [-0.1, -0.05) is 18.2 Å². The van der Waals surface area contributed by atoms with E-state index in [1.165, 1.54) is 0 Å². The van der Waals surface area contributed by atoms with Crippen molar-refractivity contribution in [1.29, 1.82) is 0 Å². The molecule has 0 atom stereocenters. The minimum atomic E-state index is -0.0783. The zero-order valence-electron chi connectivity index (χ0n) is 11.1. The molecule has 4 nitrogen and oxygen atoms in total. The number of benzene rings is 1. The molecular formula is C15H15BrN2O2. The molecule has 0 aliphatic rings. The maximum absolute atomic E-state index is 12.5. The average molecular weight is 335 g/mol. The summed E-state index contributed by atoms with van der Waals surface area (Å²) < 4.78 is 5.42. The molecule has 0 aliphatic carbocycles. The van der Waals surface area contributed by atoms with E-state index < -0.39 is 0 Å². The van der Waals surface area contributed by atoms with Crippen LogP contribution in [0.2, 0.25) is 0 Å². The third-order valence-corrected chi connectivity index (χ3v) is 3.05. The van der Waals surface area contributed by atoms with Crippen LogP contribution in [0.15, 0.2) is 48.8 Å². The highest BCUT2D eigenvalue weighted by molar-refractivity contribution is 9.09. The number of rotatable bonds is 5. The second kappa shape index (κ2) is 7.05. The van der Waals surface area contributed by atoms with Crippen LogP contribution in [0, 0.1) is 0 Å². The molecule has 2 rings (SSSR count). The molecule has 1 aromatic carbocycles. The third kappa shape index (κ3) is 3.57. The van der Waals surface area contributed by atoms with Gasteiger partial charge in [0.25, 0.3) is 5.91 Å². The lowest BCUT2D eigenvalue weighted by molar-refractivity contribution is 0.0781. The van der Waals surface area contributed by atoms with Crippen LogP contribution in [0.1, 0.15) is 15.9 Å². The van der Waals surface area contributed by atoms with Crippen LogP contribution in [0.25, 0.3) is 0 Å². The molecule has 0 saturated heterocycles. The van der Waals surface area contributed by atoms with E-state index in [2.05, 4.69) is 20.9 Å². The van der Waals surface area contributed by atoms with Gasteiger partial charge in [0.2, 0.25) is 0 Å². The Balaban J connectivity index is 2.14. The fourth-order valence-electron chi connectivity index (χ4n) is 1.87. The zero-order valence-corrected chi connectivity index (χ0v) is 12.7. The smallest absolute Gasteiger partial charge is 0.257 e. The summed E-state index contributed by atoms with van der Waals surface area (Å²) >= 11 is 3.20. The van der Waals surface area contributed by atoms with E-state index in [0.717, 1.165) is 5.56 Å². The summed E-state index contributed by atoms with van der Waals surface area (Å²) in [6.07, 6.45) is 3.47. The number of carbonyl (C=O) groups excluding carboxylic acids is 1. The molecule has 1 heterocycles. The first-order chi connectivity index (χ1) is 9.72. The van der Waals surface area contributed by atoms with Crippen LogP contribution < -0.4 is 4.74 Å². The van der Waals surface area contributed by atoms with Crippen LogP contribution in [0.4, 0.5) is 0 Å². The van der Waals surface area contributed by atoms with Crippen LogP contribution in [0.3, 0.4) is 0 Å². The van der Waals surface area contributed by atoms with Crippen LogP contribution >= 0.6 is 15.9 Å². The lowest BCUT2D eigenvalue weighted by Gasteiger charge is -2.18. The van der Waals surface area contributed by atoms with Gasteiger partial charge < -0.3 is 9.64 Å². The first-order valence-electron chi connectivity index (χ1n) is 6.14. The normalized spacial score (nSPS) is 10.1. The van der Waals surface area contributed by atoms with Crippen LogP contribution in [-0.4, -0.2) is 28.4 Å². The molecule has 5 heteroatoms. The van der Waals surface area contributed by atoms with Gasteiger partial charge in [0.1, 0.15) is 11.3 Å². The molecule has 0 fully saturated rings. The minimum Gasteiger partial charge on any atom is -0.482 e. The molecule has 0 spiro atoms. The fraction of sp³-hybridized carbons (Fsp3) is 0.200. The first-order valence-corrected chi connectivity index (χ1v) is 7.26. The number of halogens is 1. The highest BCUT2D eigenvalue weighted by Gasteiger charge is 2.16. The summed E-state index contributed by atoms with van der Waals surface area (Å²) in [5, 5.41) is 0. The third-order valence-electron chi connectivity index (χ3n) is 2.82. The van der Waals surface area contributed by atoms with Gasteiger partial charge in [-0.2, -0.15) is 0 Å². The number of carbonyl (C=O) groups is 1. The van der Waals surface area contributed by atoms with Gasteiger partial charge in [-0.05, 0) is 39.7 Å². The quantitative estimate of drug-likeness (QED) is 0.789. The number of pyridine rings is 1. The van der Waals surface area contributed by atoms with Crippen molar-refractivity contribution in [1.82, 2.24) is 9.88 Å². The lowest BCUT2D eigenvalue weighted by atomic mass is 10.1. The Bertz CT molecular complexity index is 575. The van der Waals surface area contributed by atoms with E-state index >= 15 is 0 Å². The van der Waals surface area contributed by atoms with Gasteiger partial charge in [-0.3, -0.25) is 9.78 Å². The number of para-hydroxylation sites is 1. The number of hydrogen-bond donors (Lipinski definition) is 0. The Labute approximate surface area is 126 Å². The Kier molecular flexibility index (Phi) is 5.12. The van der Waals surface area contributed by atoms with E-state index in [0.29, 0.717) is 23.4 Å². The number of ether oxygens (including phenoxy) is 1. The maximum Gasteiger partial charge on any atom is 0.257 e. The predicted molar refractivity (Wildman–Crippen MR) is 80.9 cm³/mol. The molecule has 0 radical (unpaired) electrons. The number of hydrogen-bond acceptors (Lipinski definition) is 3. The molecule has 20 heavy (non-hydrogen) atoms. The lowest BCUT2D eigenvalue weighted by Crippen LogP contribution is -2.26. The van der Waals surface area contributed by atoms with E-state index in [-0.39, 0.29) is 5.91 Å². The summed E-state index contributed by atoms with van der Waals surface area (Å²) in [7, 11) is 1.76. The molecule has 1 amide bonds. The number of alkyl halides is 1. The largest absolute Gasteiger partial charge is 0.482 e. The predicted octanol–water partition coefficient (Wildman–Crippen LogP) is 3.09. The van der Waals surface area contributed by atoms with Gasteiger partial charge in [0, 0.05) is 26.0 Å². The molecule has 2 aromatic rings. The highest BCUT2D eigenvalue weighted by atomic mass is 79.9. The molecule has 1 aromatic heterocycles. The van der Waals surface area contributed by atoms with Crippen molar-refractivity contribution in [3.05, 3.63) is 59.9 Å². The van der Waals surface area contributed by atoms with E-state index in [1.807, 2.05) is 24.3 Å². The Morgan fingerprint density at radius 3 is 2.80 bits per heavy atom. The van der Waals surface area contributed by atoms with Gasteiger partial charge in [-0.25, -0.2) is 0 Å². The molecule has 0 N–H and O–H groups in total. The summed E-state index contributed by atoms with van der Waals surface area (Å²) in [6.45, 7) is 0.509. The van der Waals surface area contributed by atoms with Crippen molar-refractivity contribution >= 4 is 21.8 Å². The molecule has 0 unspecified atom stereocenters. The van der Waals surface area contributed by atoms with Crippen LogP contribution in [-0.2, 0) is 6.54 Å². The standard InChI is InChI=1S/C15H15BrN2O2/c1-18(10-12-5-4-8-17-9-12)15(19)13-6-2-3-7-14(13)20-11-16/h2-9H,10-11H2,1H3. The average Bonchev–Trinajstić information content (AvgIpc) is 2.48. The van der Waals surface area contributed by atoms with Crippen molar-refractivity contribution in [2.24, 2.45) is 0 Å². The second-order valence-electron chi connectivity index (χ2n) is 4.27.